The fraction of sp³-hybridized carbons (Fsp3) is 0.750. The summed E-state index contributed by atoms with van der Waals surface area (Å²) < 4.78 is 5.89. The Morgan fingerprint density at radius 3 is 2.56 bits per heavy atom. The second kappa shape index (κ2) is 13.9. The van der Waals surface area contributed by atoms with Crippen LogP contribution in [0.15, 0.2) is 23.8 Å². The first-order chi connectivity index (χ1) is 14.6. The van der Waals surface area contributed by atoms with Crippen LogP contribution in [-0.4, -0.2) is 51.7 Å². The van der Waals surface area contributed by atoms with E-state index in [1.54, 1.807) is 0 Å². The van der Waals surface area contributed by atoms with Crippen molar-refractivity contribution in [1.82, 2.24) is 0 Å². The van der Waals surface area contributed by atoms with Gasteiger partial charge in [-0.3, -0.25) is 4.79 Å². The molecule has 0 amide bonds. The average Bonchev–Trinajstić information content (AvgIpc) is 2.66. The van der Waals surface area contributed by atoms with Gasteiger partial charge in [-0.1, -0.05) is 45.4 Å². The summed E-state index contributed by atoms with van der Waals surface area (Å²) >= 11 is 0. The molecule has 0 aromatic heterocycles. The van der Waals surface area contributed by atoms with Crippen LogP contribution < -0.4 is 34.7 Å². The minimum atomic E-state index is -1.34. The van der Waals surface area contributed by atoms with Crippen molar-refractivity contribution in [3.05, 3.63) is 23.8 Å². The molecule has 0 fully saturated rings. The van der Waals surface area contributed by atoms with E-state index < -0.39 is 36.8 Å². The van der Waals surface area contributed by atoms with Crippen LogP contribution in [0, 0.1) is 23.7 Å². The van der Waals surface area contributed by atoms with E-state index in [1.165, 1.54) is 0 Å². The van der Waals surface area contributed by atoms with E-state index >= 15 is 0 Å². The van der Waals surface area contributed by atoms with Gasteiger partial charge in [0.2, 0.25) is 0 Å². The number of ether oxygens (including phenoxy) is 1. The summed E-state index contributed by atoms with van der Waals surface area (Å²) in [4.78, 5) is 23.2. The van der Waals surface area contributed by atoms with E-state index in [-0.39, 0.29) is 65.6 Å². The van der Waals surface area contributed by atoms with Crippen molar-refractivity contribution in [2.45, 2.75) is 90.1 Å². The van der Waals surface area contributed by atoms with Crippen molar-refractivity contribution in [3.8, 4) is 0 Å². The van der Waals surface area contributed by atoms with Crippen molar-refractivity contribution >= 4 is 11.9 Å². The van der Waals surface area contributed by atoms with Gasteiger partial charge >= 0.3 is 35.5 Å². The van der Waals surface area contributed by atoms with Crippen molar-refractivity contribution < 1.29 is 64.3 Å². The van der Waals surface area contributed by atoms with E-state index in [9.17, 15) is 30.0 Å². The number of carboxylic acid groups (broad SMARTS) is 1. The molecule has 0 aliphatic heterocycles. The van der Waals surface area contributed by atoms with Gasteiger partial charge in [-0.05, 0) is 43.1 Å². The molecule has 2 aliphatic carbocycles. The maximum Gasteiger partial charge on any atom is 1.00 e. The molecule has 0 saturated carbocycles. The van der Waals surface area contributed by atoms with Crippen LogP contribution >= 0.6 is 0 Å². The number of hydrogen-bond donors (Lipinski definition) is 3. The molecule has 8 unspecified atom stereocenters. The number of aliphatic carboxylic acids is 1. The third kappa shape index (κ3) is 8.58. The quantitative estimate of drug-likeness (QED) is 0.253. The summed E-state index contributed by atoms with van der Waals surface area (Å²) in [6, 6.07) is 0. The first-order valence-electron chi connectivity index (χ1n) is 11.5. The third-order valence-corrected chi connectivity index (χ3v) is 6.54. The standard InChI is InChI=1S/C24H38O7.Na/c1-4-5-15(3)24(30)31-21-12-18(26)10-16-7-6-14(2)20(23(16)21)9-8-17(25)11-19(27)13-22(28)29;/h6-7,10,14-15,17-21,23,25-27H,4-5,8-9,11-13H2,1-3H3,(H,28,29);/q;+1/p-1. The minimum absolute atomic E-state index is 0. The molecule has 0 aromatic carbocycles. The van der Waals surface area contributed by atoms with Gasteiger partial charge in [-0.2, -0.15) is 0 Å². The molecular weight excluding hydrogens is 423 g/mol. The molecule has 0 aromatic rings. The molecule has 32 heavy (non-hydrogen) atoms. The Morgan fingerprint density at radius 2 is 1.94 bits per heavy atom. The number of allylic oxidation sites excluding steroid dienone is 2. The van der Waals surface area contributed by atoms with Crippen LogP contribution in [0.3, 0.4) is 0 Å². The van der Waals surface area contributed by atoms with Crippen molar-refractivity contribution in [1.29, 1.82) is 0 Å². The topological polar surface area (TPSA) is 127 Å². The maximum atomic E-state index is 12.6. The summed E-state index contributed by atoms with van der Waals surface area (Å²) in [6.07, 6.45) is 5.29. The smallest absolute Gasteiger partial charge is 0.550 e. The van der Waals surface area contributed by atoms with Gasteiger partial charge in [-0.25, -0.2) is 0 Å². The fourth-order valence-electron chi connectivity index (χ4n) is 4.90. The number of aliphatic hydroxyl groups excluding tert-OH is 3. The molecule has 0 heterocycles. The first-order valence-corrected chi connectivity index (χ1v) is 11.5. The van der Waals surface area contributed by atoms with Crippen molar-refractivity contribution in [3.63, 3.8) is 0 Å². The molecule has 0 bridgehead atoms. The molecular formula is C24H37NaO7. The predicted molar refractivity (Wildman–Crippen MR) is 113 cm³/mol. The zero-order valence-electron chi connectivity index (χ0n) is 19.8. The van der Waals surface area contributed by atoms with E-state index in [0.717, 1.165) is 18.4 Å². The number of rotatable bonds is 11. The molecule has 0 radical (unpaired) electrons. The third-order valence-electron chi connectivity index (χ3n) is 6.54. The largest absolute Gasteiger partial charge is 1.00 e. The Balaban J connectivity index is 0.00000512. The molecule has 176 valence electrons. The zero-order valence-corrected chi connectivity index (χ0v) is 21.8. The maximum absolute atomic E-state index is 12.6. The van der Waals surface area contributed by atoms with Crippen molar-refractivity contribution in [2.75, 3.05) is 0 Å². The van der Waals surface area contributed by atoms with Crippen LogP contribution in [0.1, 0.15) is 65.7 Å². The summed E-state index contributed by atoms with van der Waals surface area (Å²) in [7, 11) is 0. The Bertz CT molecular complexity index is 677. The van der Waals surface area contributed by atoms with Crippen LogP contribution in [0.25, 0.3) is 0 Å². The SMILES string of the molecule is CCCC(C)C(=O)OC1CC(O)C=C2C=CC(C)C(CCC(O)CC(O)CC(=O)[O-])C21.[Na+]. The van der Waals surface area contributed by atoms with Gasteiger partial charge in [0.15, 0.2) is 0 Å². The molecule has 3 N–H and O–H groups in total. The second-order valence-electron chi connectivity index (χ2n) is 9.24. The number of carboxylic acids is 1. The number of aliphatic hydroxyl groups is 3. The van der Waals surface area contributed by atoms with Gasteiger partial charge in [0.25, 0.3) is 0 Å². The van der Waals surface area contributed by atoms with E-state index in [4.69, 9.17) is 4.74 Å². The molecule has 0 spiro atoms. The van der Waals surface area contributed by atoms with Crippen LogP contribution in [-0.2, 0) is 14.3 Å². The fourth-order valence-corrected chi connectivity index (χ4v) is 4.90. The van der Waals surface area contributed by atoms with Gasteiger partial charge < -0.3 is 30.0 Å². The van der Waals surface area contributed by atoms with Crippen LogP contribution in [0.4, 0.5) is 0 Å². The number of carbonyl (C=O) groups excluding carboxylic acids is 2. The number of esters is 1. The van der Waals surface area contributed by atoms with Gasteiger partial charge in [0.1, 0.15) is 6.10 Å². The summed E-state index contributed by atoms with van der Waals surface area (Å²) in [5.41, 5.74) is 0.953. The zero-order chi connectivity index (χ0) is 23.1. The molecule has 2 rings (SSSR count). The predicted octanol–water partition coefficient (Wildman–Crippen LogP) is -1.50. The van der Waals surface area contributed by atoms with Gasteiger partial charge in [0, 0.05) is 24.7 Å². The second-order valence-corrected chi connectivity index (χ2v) is 9.24. The molecule has 7 nitrogen and oxygen atoms in total. The molecule has 8 heteroatoms. The molecule has 2 aliphatic rings. The van der Waals surface area contributed by atoms with Crippen molar-refractivity contribution in [2.24, 2.45) is 23.7 Å². The average molecular weight is 461 g/mol. The van der Waals surface area contributed by atoms with E-state index in [0.29, 0.717) is 19.3 Å². The van der Waals surface area contributed by atoms with Crippen LogP contribution in [0.5, 0.6) is 0 Å². The summed E-state index contributed by atoms with van der Waals surface area (Å²) in [5.74, 6) is -1.57. The van der Waals surface area contributed by atoms with Gasteiger partial charge in [-0.15, -0.1) is 0 Å². The normalized spacial score (nSPS) is 29.7. The van der Waals surface area contributed by atoms with Gasteiger partial charge in [0.05, 0.1) is 24.2 Å². The Hall–Kier alpha value is -0.700. The van der Waals surface area contributed by atoms with E-state index in [1.807, 2.05) is 26.0 Å². The Kier molecular flexibility index (Phi) is 12.7. The summed E-state index contributed by atoms with van der Waals surface area (Å²) in [5, 5.41) is 40.9. The molecule has 0 saturated heterocycles. The summed E-state index contributed by atoms with van der Waals surface area (Å²) in [6.45, 7) is 5.96. The first kappa shape index (κ1) is 29.3. The number of carbonyl (C=O) groups is 2. The Labute approximate surface area is 213 Å². The monoisotopic (exact) mass is 460 g/mol. The van der Waals surface area contributed by atoms with E-state index in [2.05, 4.69) is 13.0 Å². The molecule has 8 atom stereocenters. The Morgan fingerprint density at radius 1 is 1.25 bits per heavy atom. The number of fused-ring (bicyclic) bond motifs is 1. The van der Waals surface area contributed by atoms with Crippen LogP contribution in [0.2, 0.25) is 0 Å². The minimum Gasteiger partial charge on any atom is -0.550 e. The number of hydrogen-bond acceptors (Lipinski definition) is 7.